The summed E-state index contributed by atoms with van der Waals surface area (Å²) in [5.41, 5.74) is 0.174. The van der Waals surface area contributed by atoms with Crippen LogP contribution in [0.5, 0.6) is 0 Å². The molecule has 1 unspecified atom stereocenters. The molecule has 0 radical (unpaired) electrons. The molecule has 4 heteroatoms. The molecule has 1 saturated carbocycles. The number of methoxy groups -OCH3 is 1. The molecule has 1 heterocycles. The van der Waals surface area contributed by atoms with Crippen LogP contribution in [0, 0.1) is 0 Å². The summed E-state index contributed by atoms with van der Waals surface area (Å²) in [6, 6.07) is 2.59. The van der Waals surface area contributed by atoms with Crippen LogP contribution in [0.4, 0.5) is 0 Å². The van der Waals surface area contributed by atoms with Crippen molar-refractivity contribution in [2.75, 3.05) is 13.7 Å². The SMILES string of the molecule is CCC(O)(COC)Cc1ccn(C2CCCCC2)n1. The Morgan fingerprint density at radius 3 is 2.79 bits per heavy atom. The summed E-state index contributed by atoms with van der Waals surface area (Å²) in [6.07, 6.45) is 9.75. The minimum absolute atomic E-state index is 0.361. The summed E-state index contributed by atoms with van der Waals surface area (Å²) in [5.74, 6) is 0. The predicted octanol–water partition coefficient (Wildman–Crippen LogP) is 2.72. The third-order valence-electron chi connectivity index (χ3n) is 4.19. The molecule has 0 bridgehead atoms. The number of hydrogen-bond donors (Lipinski definition) is 1. The molecule has 0 aliphatic heterocycles. The molecular weight excluding hydrogens is 240 g/mol. The van der Waals surface area contributed by atoms with Gasteiger partial charge in [-0.3, -0.25) is 4.68 Å². The molecule has 1 aliphatic rings. The highest BCUT2D eigenvalue weighted by atomic mass is 16.5. The van der Waals surface area contributed by atoms with Crippen LogP contribution in [-0.2, 0) is 11.2 Å². The summed E-state index contributed by atoms with van der Waals surface area (Å²) >= 11 is 0. The van der Waals surface area contributed by atoms with Crippen molar-refractivity contribution < 1.29 is 9.84 Å². The van der Waals surface area contributed by atoms with Gasteiger partial charge in [-0.1, -0.05) is 26.2 Å². The summed E-state index contributed by atoms with van der Waals surface area (Å²) in [7, 11) is 1.63. The lowest BCUT2D eigenvalue weighted by Gasteiger charge is -2.25. The maximum absolute atomic E-state index is 10.4. The van der Waals surface area contributed by atoms with Crippen LogP contribution in [0.15, 0.2) is 12.3 Å². The highest BCUT2D eigenvalue weighted by molar-refractivity contribution is 5.05. The molecule has 1 aromatic rings. The average molecular weight is 266 g/mol. The van der Waals surface area contributed by atoms with Crippen LogP contribution in [-0.4, -0.2) is 34.2 Å². The molecule has 0 aromatic carbocycles. The topological polar surface area (TPSA) is 47.3 Å². The van der Waals surface area contributed by atoms with Gasteiger partial charge >= 0.3 is 0 Å². The van der Waals surface area contributed by atoms with Gasteiger partial charge in [-0.05, 0) is 25.3 Å². The summed E-state index contributed by atoms with van der Waals surface area (Å²) in [4.78, 5) is 0. The molecule has 1 aliphatic carbocycles. The third kappa shape index (κ3) is 3.80. The second-order valence-corrected chi connectivity index (χ2v) is 5.77. The zero-order valence-corrected chi connectivity index (χ0v) is 12.1. The van der Waals surface area contributed by atoms with Crippen LogP contribution >= 0.6 is 0 Å². The molecular formula is C15H26N2O2. The molecule has 1 N–H and O–H groups in total. The van der Waals surface area contributed by atoms with Gasteiger partial charge in [0, 0.05) is 19.7 Å². The molecule has 4 nitrogen and oxygen atoms in total. The van der Waals surface area contributed by atoms with Crippen LogP contribution in [0.3, 0.4) is 0 Å². The number of aliphatic hydroxyl groups is 1. The van der Waals surface area contributed by atoms with Crippen molar-refractivity contribution >= 4 is 0 Å². The summed E-state index contributed by atoms with van der Waals surface area (Å²) in [5, 5.41) is 15.1. The van der Waals surface area contributed by atoms with Gasteiger partial charge in [-0.25, -0.2) is 0 Å². The second kappa shape index (κ2) is 6.53. The van der Waals surface area contributed by atoms with E-state index >= 15 is 0 Å². The van der Waals surface area contributed by atoms with E-state index in [1.807, 2.05) is 13.0 Å². The van der Waals surface area contributed by atoms with Crippen molar-refractivity contribution in [1.82, 2.24) is 9.78 Å². The summed E-state index contributed by atoms with van der Waals surface area (Å²) in [6.45, 7) is 2.34. The molecule has 19 heavy (non-hydrogen) atoms. The fourth-order valence-corrected chi connectivity index (χ4v) is 2.90. The minimum atomic E-state index is -0.791. The van der Waals surface area contributed by atoms with Crippen molar-refractivity contribution in [3.05, 3.63) is 18.0 Å². The van der Waals surface area contributed by atoms with Crippen LogP contribution in [0.1, 0.15) is 57.2 Å². The van der Waals surface area contributed by atoms with E-state index in [0.29, 0.717) is 25.5 Å². The Hall–Kier alpha value is -0.870. The zero-order chi connectivity index (χ0) is 13.7. The Morgan fingerprint density at radius 1 is 1.42 bits per heavy atom. The van der Waals surface area contributed by atoms with Crippen molar-refractivity contribution in [3.8, 4) is 0 Å². The van der Waals surface area contributed by atoms with Crippen molar-refractivity contribution in [1.29, 1.82) is 0 Å². The first kappa shape index (κ1) is 14.5. The molecule has 0 saturated heterocycles. The van der Waals surface area contributed by atoms with Gasteiger partial charge in [-0.15, -0.1) is 0 Å². The molecule has 1 fully saturated rings. The Balaban J connectivity index is 1.99. The van der Waals surface area contributed by atoms with Gasteiger partial charge in [-0.2, -0.15) is 5.10 Å². The van der Waals surface area contributed by atoms with Gasteiger partial charge in [0.05, 0.1) is 23.9 Å². The first-order valence-electron chi connectivity index (χ1n) is 7.42. The average Bonchev–Trinajstić information content (AvgIpc) is 2.88. The maximum Gasteiger partial charge on any atom is 0.0933 e. The Kier molecular flexibility index (Phi) is 4.99. The monoisotopic (exact) mass is 266 g/mol. The van der Waals surface area contributed by atoms with Gasteiger partial charge in [0.15, 0.2) is 0 Å². The van der Waals surface area contributed by atoms with Crippen molar-refractivity contribution in [2.45, 2.75) is 63.5 Å². The maximum atomic E-state index is 10.4. The van der Waals surface area contributed by atoms with Crippen LogP contribution in [0.2, 0.25) is 0 Å². The number of hydrogen-bond acceptors (Lipinski definition) is 3. The lowest BCUT2D eigenvalue weighted by atomic mass is 9.96. The van der Waals surface area contributed by atoms with E-state index in [2.05, 4.69) is 16.0 Å². The lowest BCUT2D eigenvalue weighted by Crippen LogP contribution is -2.36. The highest BCUT2D eigenvalue weighted by Gasteiger charge is 2.26. The zero-order valence-electron chi connectivity index (χ0n) is 12.1. The lowest BCUT2D eigenvalue weighted by molar-refractivity contribution is -0.0340. The van der Waals surface area contributed by atoms with E-state index in [1.165, 1.54) is 32.1 Å². The molecule has 0 spiro atoms. The molecule has 108 valence electrons. The van der Waals surface area contributed by atoms with Crippen molar-refractivity contribution in [2.24, 2.45) is 0 Å². The number of nitrogens with zero attached hydrogens (tertiary/aromatic N) is 2. The molecule has 1 atom stereocenters. The van der Waals surface area contributed by atoms with Gasteiger partial charge in [0.25, 0.3) is 0 Å². The van der Waals surface area contributed by atoms with E-state index in [1.54, 1.807) is 7.11 Å². The van der Waals surface area contributed by atoms with E-state index in [0.717, 1.165) is 5.69 Å². The molecule has 2 rings (SSSR count). The molecule has 1 aromatic heterocycles. The fraction of sp³-hybridized carbons (Fsp3) is 0.800. The quantitative estimate of drug-likeness (QED) is 0.861. The van der Waals surface area contributed by atoms with E-state index in [4.69, 9.17) is 4.74 Å². The smallest absolute Gasteiger partial charge is 0.0933 e. The van der Waals surface area contributed by atoms with Gasteiger partial charge in [0.2, 0.25) is 0 Å². The van der Waals surface area contributed by atoms with Crippen molar-refractivity contribution in [3.63, 3.8) is 0 Å². The molecule has 0 amide bonds. The van der Waals surface area contributed by atoms with Crippen LogP contribution in [0.25, 0.3) is 0 Å². The normalized spacial score (nSPS) is 20.4. The van der Waals surface area contributed by atoms with E-state index in [9.17, 15) is 5.11 Å². The van der Waals surface area contributed by atoms with E-state index < -0.39 is 5.60 Å². The number of rotatable bonds is 6. The van der Waals surface area contributed by atoms with Crippen LogP contribution < -0.4 is 0 Å². The second-order valence-electron chi connectivity index (χ2n) is 5.77. The first-order chi connectivity index (χ1) is 9.17. The Morgan fingerprint density at radius 2 is 2.16 bits per heavy atom. The highest BCUT2D eigenvalue weighted by Crippen LogP contribution is 2.28. The Bertz CT molecular complexity index is 385. The number of aromatic nitrogens is 2. The van der Waals surface area contributed by atoms with Gasteiger partial charge < -0.3 is 9.84 Å². The third-order valence-corrected chi connectivity index (χ3v) is 4.19. The largest absolute Gasteiger partial charge is 0.387 e. The fourth-order valence-electron chi connectivity index (χ4n) is 2.90. The Labute approximate surface area is 115 Å². The predicted molar refractivity (Wildman–Crippen MR) is 75.2 cm³/mol. The first-order valence-corrected chi connectivity index (χ1v) is 7.42. The minimum Gasteiger partial charge on any atom is -0.387 e. The summed E-state index contributed by atoms with van der Waals surface area (Å²) < 4.78 is 7.20. The van der Waals surface area contributed by atoms with Gasteiger partial charge in [0.1, 0.15) is 0 Å². The van der Waals surface area contributed by atoms with E-state index in [-0.39, 0.29) is 0 Å². The standard InChI is InChI=1S/C15H26N2O2/c1-3-15(18,12-19-2)11-13-9-10-17(16-13)14-7-5-4-6-8-14/h9-10,14,18H,3-8,11-12H2,1-2H3. The number of ether oxygens (including phenoxy) is 1.